The third-order valence-corrected chi connectivity index (χ3v) is 6.19. The maximum Gasteiger partial charge on any atom is 0.416 e. The molecule has 34 heavy (non-hydrogen) atoms. The molecule has 1 fully saturated rings. The molecular weight excluding hydrogens is 464 g/mol. The number of nitrogens with one attached hydrogen (secondary N) is 2. The number of hydrogen-bond donors (Lipinski definition) is 2. The lowest BCUT2D eigenvalue weighted by Gasteiger charge is -2.29. The molecule has 1 aromatic rings. The Balaban J connectivity index is 1.84. The van der Waals surface area contributed by atoms with Crippen LogP contribution in [0.15, 0.2) is 18.2 Å². The summed E-state index contributed by atoms with van der Waals surface area (Å²) in [5.74, 6) is -0.459. The van der Waals surface area contributed by atoms with Crippen molar-refractivity contribution in [3.8, 4) is 0 Å². The average molecular weight is 496 g/mol. The van der Waals surface area contributed by atoms with E-state index >= 15 is 0 Å². The van der Waals surface area contributed by atoms with Crippen molar-refractivity contribution in [2.75, 3.05) is 32.7 Å². The Kier molecular flexibility index (Phi) is 9.78. The van der Waals surface area contributed by atoms with Gasteiger partial charge in [-0.3, -0.25) is 9.59 Å². The molecule has 192 valence electrons. The Morgan fingerprint density at radius 2 is 1.32 bits per heavy atom. The van der Waals surface area contributed by atoms with Gasteiger partial charge < -0.3 is 15.5 Å². The van der Waals surface area contributed by atoms with Gasteiger partial charge in [0.2, 0.25) is 5.91 Å². The summed E-state index contributed by atoms with van der Waals surface area (Å²) in [5.41, 5.74) is -3.70. The van der Waals surface area contributed by atoms with Gasteiger partial charge in [-0.05, 0) is 76.1 Å². The molecule has 0 bridgehead atoms. The highest BCUT2D eigenvalue weighted by Crippen LogP contribution is 2.36. The number of likely N-dealkylation sites (N-methyl/N-ethyl adjacent to an activating group) is 1. The number of carbonyl (C=O) groups is 2. The molecule has 0 aliphatic heterocycles. The molecule has 2 amide bonds. The van der Waals surface area contributed by atoms with Gasteiger partial charge in [0.1, 0.15) is 0 Å². The highest BCUT2D eigenvalue weighted by molar-refractivity contribution is 5.94. The van der Waals surface area contributed by atoms with Crippen molar-refractivity contribution in [3.63, 3.8) is 0 Å². The van der Waals surface area contributed by atoms with Crippen LogP contribution in [0, 0.1) is 11.8 Å². The Bertz CT molecular complexity index is 797. The minimum atomic E-state index is -5.00. The highest BCUT2D eigenvalue weighted by Gasteiger charge is 2.37. The van der Waals surface area contributed by atoms with E-state index in [-0.39, 0.29) is 31.0 Å². The monoisotopic (exact) mass is 495 g/mol. The number of alkyl halides is 6. The molecule has 0 saturated heterocycles. The summed E-state index contributed by atoms with van der Waals surface area (Å²) in [6.45, 7) is 6.30. The van der Waals surface area contributed by atoms with E-state index in [1.807, 2.05) is 13.8 Å². The first-order valence-corrected chi connectivity index (χ1v) is 11.4. The van der Waals surface area contributed by atoms with Gasteiger partial charge in [-0.15, -0.1) is 0 Å². The molecule has 0 heterocycles. The lowest BCUT2D eigenvalue weighted by molar-refractivity contribution is -0.143. The van der Waals surface area contributed by atoms with Crippen LogP contribution in [0.5, 0.6) is 0 Å². The molecule has 0 unspecified atom stereocenters. The number of rotatable bonds is 9. The predicted molar refractivity (Wildman–Crippen MR) is 115 cm³/mol. The van der Waals surface area contributed by atoms with Crippen LogP contribution in [0.1, 0.15) is 61.0 Å². The Morgan fingerprint density at radius 3 is 1.76 bits per heavy atom. The zero-order valence-corrected chi connectivity index (χ0v) is 19.3. The van der Waals surface area contributed by atoms with Crippen molar-refractivity contribution in [3.05, 3.63) is 34.9 Å². The Morgan fingerprint density at radius 1 is 0.853 bits per heavy atom. The fourth-order valence-electron chi connectivity index (χ4n) is 4.14. The van der Waals surface area contributed by atoms with Gasteiger partial charge in [0, 0.05) is 25.2 Å². The predicted octanol–water partition coefficient (Wildman–Crippen LogP) is 4.72. The topological polar surface area (TPSA) is 61.4 Å². The molecule has 0 aromatic heterocycles. The van der Waals surface area contributed by atoms with Gasteiger partial charge in [0.05, 0.1) is 17.7 Å². The summed E-state index contributed by atoms with van der Waals surface area (Å²) < 4.78 is 78.0. The minimum absolute atomic E-state index is 0.00167. The van der Waals surface area contributed by atoms with Gasteiger partial charge in [0.15, 0.2) is 0 Å². The number of hydrogen-bond acceptors (Lipinski definition) is 3. The van der Waals surface area contributed by atoms with E-state index in [4.69, 9.17) is 0 Å². The fraction of sp³-hybridized carbons (Fsp3) is 0.652. The quantitative estimate of drug-likeness (QED) is 0.488. The van der Waals surface area contributed by atoms with Crippen LogP contribution < -0.4 is 10.6 Å². The van der Waals surface area contributed by atoms with Gasteiger partial charge in [-0.1, -0.05) is 0 Å². The third kappa shape index (κ3) is 8.18. The van der Waals surface area contributed by atoms with Gasteiger partial charge in [-0.2, -0.15) is 26.3 Å². The van der Waals surface area contributed by atoms with Crippen LogP contribution >= 0.6 is 0 Å². The molecule has 5 nitrogen and oxygen atoms in total. The van der Waals surface area contributed by atoms with Crippen LogP contribution in [0.2, 0.25) is 0 Å². The number of nitrogens with zero attached hydrogens (tertiary/aromatic N) is 1. The molecule has 0 radical (unpaired) electrons. The normalized spacial score (nSPS) is 19.1. The van der Waals surface area contributed by atoms with Crippen LogP contribution in [0.3, 0.4) is 0 Å². The number of halogens is 6. The SMILES string of the molecule is CCN(CC)C(=O)CNC[C@H]1CC[C@H](CNC(=O)c2cc(C(F)(F)F)cc(C(F)(F)F)c2)CC1. The van der Waals surface area contributed by atoms with Crippen molar-refractivity contribution < 1.29 is 35.9 Å². The summed E-state index contributed by atoms with van der Waals surface area (Å²) in [6.07, 6.45) is -6.75. The summed E-state index contributed by atoms with van der Waals surface area (Å²) >= 11 is 0. The lowest BCUT2D eigenvalue weighted by atomic mass is 9.82. The van der Waals surface area contributed by atoms with Gasteiger partial charge in [-0.25, -0.2) is 0 Å². The third-order valence-electron chi connectivity index (χ3n) is 6.19. The first-order chi connectivity index (χ1) is 15.8. The fourth-order valence-corrected chi connectivity index (χ4v) is 4.14. The molecule has 0 atom stereocenters. The lowest BCUT2D eigenvalue weighted by Crippen LogP contribution is -2.40. The van der Waals surface area contributed by atoms with E-state index in [2.05, 4.69) is 10.6 Å². The maximum absolute atomic E-state index is 13.0. The molecule has 1 saturated carbocycles. The van der Waals surface area contributed by atoms with E-state index < -0.39 is 35.0 Å². The second kappa shape index (κ2) is 11.9. The van der Waals surface area contributed by atoms with Crippen LogP contribution in [-0.2, 0) is 17.1 Å². The van der Waals surface area contributed by atoms with Crippen molar-refractivity contribution in [1.29, 1.82) is 0 Å². The summed E-state index contributed by atoms with van der Waals surface area (Å²) in [5, 5.41) is 5.67. The zero-order valence-electron chi connectivity index (χ0n) is 19.3. The number of amides is 2. The standard InChI is InChI=1S/C23H31F6N3O2/c1-3-32(4-2)20(33)14-30-12-15-5-7-16(8-6-15)13-31-21(34)17-9-18(22(24,25)26)11-19(10-17)23(27,28)29/h9-11,15-16,30H,3-8,12-14H2,1-2H3,(H,31,34)/t15-,16-. The zero-order chi connectivity index (χ0) is 25.5. The van der Waals surface area contributed by atoms with Crippen molar-refractivity contribution in [1.82, 2.24) is 15.5 Å². The maximum atomic E-state index is 13.0. The second-order valence-electron chi connectivity index (χ2n) is 8.59. The molecule has 1 aromatic carbocycles. The molecule has 1 aliphatic carbocycles. The molecule has 0 spiro atoms. The Hall–Kier alpha value is -2.30. The van der Waals surface area contributed by atoms with Crippen LogP contribution in [-0.4, -0.2) is 49.4 Å². The largest absolute Gasteiger partial charge is 0.416 e. The molecule has 11 heteroatoms. The average Bonchev–Trinajstić information content (AvgIpc) is 2.77. The van der Waals surface area contributed by atoms with Crippen molar-refractivity contribution in [2.24, 2.45) is 11.8 Å². The van der Waals surface area contributed by atoms with E-state index in [0.29, 0.717) is 37.7 Å². The van der Waals surface area contributed by atoms with E-state index in [1.54, 1.807) is 4.90 Å². The molecule has 1 aliphatic rings. The van der Waals surface area contributed by atoms with Gasteiger partial charge in [0.25, 0.3) is 5.91 Å². The highest BCUT2D eigenvalue weighted by atomic mass is 19.4. The second-order valence-corrected chi connectivity index (χ2v) is 8.59. The van der Waals surface area contributed by atoms with Crippen molar-refractivity contribution in [2.45, 2.75) is 51.9 Å². The number of carbonyl (C=O) groups excluding carboxylic acids is 2. The smallest absolute Gasteiger partial charge is 0.352 e. The summed E-state index contributed by atoms with van der Waals surface area (Å²) in [7, 11) is 0. The summed E-state index contributed by atoms with van der Waals surface area (Å²) in [6, 6.07) is 0.876. The first-order valence-electron chi connectivity index (χ1n) is 11.4. The summed E-state index contributed by atoms with van der Waals surface area (Å²) in [4.78, 5) is 26.1. The number of benzene rings is 1. The van der Waals surface area contributed by atoms with Crippen LogP contribution in [0.4, 0.5) is 26.3 Å². The van der Waals surface area contributed by atoms with Gasteiger partial charge >= 0.3 is 12.4 Å². The van der Waals surface area contributed by atoms with E-state index in [1.165, 1.54) is 0 Å². The Labute approximate surface area is 195 Å². The molecular formula is C23H31F6N3O2. The van der Waals surface area contributed by atoms with E-state index in [9.17, 15) is 35.9 Å². The van der Waals surface area contributed by atoms with Crippen molar-refractivity contribution >= 4 is 11.8 Å². The molecule has 2 rings (SSSR count). The molecule has 2 N–H and O–H groups in total. The van der Waals surface area contributed by atoms with E-state index in [0.717, 1.165) is 25.7 Å². The van der Waals surface area contributed by atoms with Crippen LogP contribution in [0.25, 0.3) is 0 Å². The first kappa shape index (κ1) is 27.9. The minimum Gasteiger partial charge on any atom is -0.352 e.